The molecule has 0 radical (unpaired) electrons. The number of nitro benzene ring substituents is 1. The molecule has 0 aliphatic carbocycles. The fourth-order valence-electron chi connectivity index (χ4n) is 1.76. The normalized spacial score (nSPS) is 10.2. The lowest BCUT2D eigenvalue weighted by Crippen LogP contribution is -2.24. The Morgan fingerprint density at radius 2 is 1.90 bits per heavy atom. The van der Waals surface area contributed by atoms with Crippen LogP contribution in [-0.4, -0.2) is 10.8 Å². The Bertz CT molecular complexity index is 689. The molecule has 0 unspecified atom stereocenters. The van der Waals surface area contributed by atoms with Crippen molar-refractivity contribution >= 4 is 39.1 Å². The number of carbonyl (C=O) groups excluding carboxylic acids is 1. The minimum absolute atomic E-state index is 0.0532. The first-order valence-corrected chi connectivity index (χ1v) is 7.11. The number of carbonyl (C=O) groups is 1. The number of nitro groups is 1. The van der Waals surface area contributed by atoms with Gasteiger partial charge in [0.2, 0.25) is 0 Å². The molecule has 0 heterocycles. The summed E-state index contributed by atoms with van der Waals surface area (Å²) >= 11 is 9.22. The molecule has 5 nitrogen and oxygen atoms in total. The Morgan fingerprint density at radius 3 is 2.52 bits per heavy atom. The van der Waals surface area contributed by atoms with Crippen LogP contribution in [0.2, 0.25) is 5.02 Å². The van der Waals surface area contributed by atoms with Gasteiger partial charge in [-0.2, -0.15) is 0 Å². The third-order valence-corrected chi connectivity index (χ3v) is 3.63. The molecule has 0 saturated carbocycles. The Hall–Kier alpha value is -1.92. The van der Waals surface area contributed by atoms with E-state index in [1.165, 1.54) is 18.2 Å². The van der Waals surface area contributed by atoms with Crippen molar-refractivity contribution in [2.45, 2.75) is 6.54 Å². The lowest BCUT2D eigenvalue weighted by atomic mass is 10.1. The second kappa shape index (κ2) is 6.69. The lowest BCUT2D eigenvalue weighted by Gasteiger charge is -2.07. The molecule has 2 aromatic carbocycles. The van der Waals surface area contributed by atoms with Crippen molar-refractivity contribution in [2.24, 2.45) is 0 Å². The number of rotatable bonds is 4. The highest BCUT2D eigenvalue weighted by Gasteiger charge is 2.22. The zero-order chi connectivity index (χ0) is 15.4. The molecule has 108 valence electrons. The van der Waals surface area contributed by atoms with Gasteiger partial charge in [-0.3, -0.25) is 14.9 Å². The molecule has 1 amide bonds. The monoisotopic (exact) mass is 368 g/mol. The zero-order valence-corrected chi connectivity index (χ0v) is 13.0. The van der Waals surface area contributed by atoms with E-state index in [9.17, 15) is 14.9 Å². The SMILES string of the molecule is O=C(NCc1ccc(Br)cc1)c1c(Cl)cccc1[N+](=O)[O-]. The maximum Gasteiger partial charge on any atom is 0.283 e. The summed E-state index contributed by atoms with van der Waals surface area (Å²) in [6.45, 7) is 0.258. The van der Waals surface area contributed by atoms with Crippen molar-refractivity contribution in [3.63, 3.8) is 0 Å². The molecule has 0 fully saturated rings. The molecule has 0 aliphatic rings. The lowest BCUT2D eigenvalue weighted by molar-refractivity contribution is -0.385. The Kier molecular flexibility index (Phi) is 4.93. The summed E-state index contributed by atoms with van der Waals surface area (Å²) in [5.41, 5.74) is 0.443. The molecule has 0 spiro atoms. The molecule has 0 bridgehead atoms. The van der Waals surface area contributed by atoms with Crippen LogP contribution in [0.4, 0.5) is 5.69 Å². The van der Waals surface area contributed by atoms with Gasteiger partial charge in [-0.05, 0) is 23.8 Å². The second-order valence-corrected chi connectivity index (χ2v) is 5.52. The van der Waals surface area contributed by atoms with Gasteiger partial charge >= 0.3 is 0 Å². The fraction of sp³-hybridized carbons (Fsp3) is 0.0714. The molecule has 2 aromatic rings. The first kappa shape index (κ1) is 15.5. The van der Waals surface area contributed by atoms with Gasteiger partial charge in [-0.15, -0.1) is 0 Å². The van der Waals surface area contributed by atoms with E-state index >= 15 is 0 Å². The molecule has 0 aromatic heterocycles. The number of nitrogens with zero attached hydrogens (tertiary/aromatic N) is 1. The molecule has 1 N–H and O–H groups in total. The average Bonchev–Trinajstić information content (AvgIpc) is 2.46. The van der Waals surface area contributed by atoms with Crippen molar-refractivity contribution in [3.8, 4) is 0 Å². The molecule has 0 atom stereocenters. The molecule has 7 heteroatoms. The molecule has 2 rings (SSSR count). The van der Waals surface area contributed by atoms with Gasteiger partial charge in [0.15, 0.2) is 0 Å². The van der Waals surface area contributed by atoms with E-state index in [-0.39, 0.29) is 22.8 Å². The van der Waals surface area contributed by atoms with Crippen molar-refractivity contribution in [2.75, 3.05) is 0 Å². The maximum absolute atomic E-state index is 12.1. The number of hydrogen-bond donors (Lipinski definition) is 1. The van der Waals surface area contributed by atoms with Gasteiger partial charge in [0.1, 0.15) is 5.56 Å². The van der Waals surface area contributed by atoms with Crippen molar-refractivity contribution in [3.05, 3.63) is 73.2 Å². The van der Waals surface area contributed by atoms with Gasteiger partial charge in [0, 0.05) is 17.1 Å². The van der Waals surface area contributed by atoms with Crippen LogP contribution in [0.25, 0.3) is 0 Å². The maximum atomic E-state index is 12.1. The standard InChI is InChI=1S/C14H10BrClN2O3/c15-10-6-4-9(5-7-10)8-17-14(19)13-11(16)2-1-3-12(13)18(20)21/h1-7H,8H2,(H,17,19). The van der Waals surface area contributed by atoms with Gasteiger partial charge in [-0.25, -0.2) is 0 Å². The van der Waals surface area contributed by atoms with Crippen LogP contribution in [0, 0.1) is 10.1 Å². The first-order valence-electron chi connectivity index (χ1n) is 5.94. The molecule has 0 saturated heterocycles. The van der Waals surface area contributed by atoms with Crippen LogP contribution in [0.5, 0.6) is 0 Å². The fourth-order valence-corrected chi connectivity index (χ4v) is 2.28. The van der Waals surface area contributed by atoms with E-state index in [0.29, 0.717) is 0 Å². The van der Waals surface area contributed by atoms with Crippen LogP contribution in [0.1, 0.15) is 15.9 Å². The highest BCUT2D eigenvalue weighted by molar-refractivity contribution is 9.10. The quantitative estimate of drug-likeness (QED) is 0.655. The van der Waals surface area contributed by atoms with E-state index in [1.807, 2.05) is 24.3 Å². The number of halogens is 2. The Balaban J connectivity index is 2.17. The van der Waals surface area contributed by atoms with E-state index < -0.39 is 10.8 Å². The molecule has 21 heavy (non-hydrogen) atoms. The van der Waals surface area contributed by atoms with Gasteiger partial charge in [-0.1, -0.05) is 45.7 Å². The number of hydrogen-bond acceptors (Lipinski definition) is 3. The number of benzene rings is 2. The van der Waals surface area contributed by atoms with E-state index in [0.717, 1.165) is 10.0 Å². The predicted octanol–water partition coefficient (Wildman–Crippen LogP) is 3.94. The van der Waals surface area contributed by atoms with Crippen molar-refractivity contribution in [1.82, 2.24) is 5.32 Å². The summed E-state index contributed by atoms with van der Waals surface area (Å²) in [6.07, 6.45) is 0. The molecule has 0 aliphatic heterocycles. The highest BCUT2D eigenvalue weighted by Crippen LogP contribution is 2.26. The van der Waals surface area contributed by atoms with Crippen molar-refractivity contribution < 1.29 is 9.72 Å². The highest BCUT2D eigenvalue weighted by atomic mass is 79.9. The third-order valence-electron chi connectivity index (χ3n) is 2.78. The summed E-state index contributed by atoms with van der Waals surface area (Å²) in [5, 5.41) is 13.6. The van der Waals surface area contributed by atoms with E-state index in [4.69, 9.17) is 11.6 Å². The number of nitrogens with one attached hydrogen (secondary N) is 1. The van der Waals surface area contributed by atoms with Gasteiger partial charge in [0.05, 0.1) is 9.95 Å². The van der Waals surface area contributed by atoms with Crippen LogP contribution in [0.3, 0.4) is 0 Å². The largest absolute Gasteiger partial charge is 0.348 e. The summed E-state index contributed by atoms with van der Waals surface area (Å²) in [5.74, 6) is -0.574. The third kappa shape index (κ3) is 3.80. The minimum atomic E-state index is -0.625. The van der Waals surface area contributed by atoms with E-state index in [1.54, 1.807) is 0 Å². The van der Waals surface area contributed by atoms with Crippen LogP contribution < -0.4 is 5.32 Å². The Labute approximate surface area is 134 Å². The smallest absolute Gasteiger partial charge is 0.283 e. The molecular weight excluding hydrogens is 360 g/mol. The topological polar surface area (TPSA) is 72.2 Å². The first-order chi connectivity index (χ1) is 9.99. The summed E-state index contributed by atoms with van der Waals surface area (Å²) in [4.78, 5) is 22.4. The Morgan fingerprint density at radius 1 is 1.24 bits per heavy atom. The van der Waals surface area contributed by atoms with Crippen molar-refractivity contribution in [1.29, 1.82) is 0 Å². The van der Waals surface area contributed by atoms with Crippen LogP contribution >= 0.6 is 27.5 Å². The summed E-state index contributed by atoms with van der Waals surface area (Å²) < 4.78 is 0.930. The van der Waals surface area contributed by atoms with Crippen LogP contribution in [0.15, 0.2) is 46.9 Å². The van der Waals surface area contributed by atoms with Gasteiger partial charge in [0.25, 0.3) is 11.6 Å². The van der Waals surface area contributed by atoms with E-state index in [2.05, 4.69) is 21.2 Å². The number of amides is 1. The van der Waals surface area contributed by atoms with Crippen LogP contribution in [-0.2, 0) is 6.54 Å². The van der Waals surface area contributed by atoms with Gasteiger partial charge < -0.3 is 5.32 Å². The summed E-state index contributed by atoms with van der Waals surface area (Å²) in [7, 11) is 0. The molecular formula is C14H10BrClN2O3. The summed E-state index contributed by atoms with van der Waals surface area (Å²) in [6, 6.07) is 11.5. The second-order valence-electron chi connectivity index (χ2n) is 4.20. The zero-order valence-electron chi connectivity index (χ0n) is 10.7. The average molecular weight is 370 g/mol. The minimum Gasteiger partial charge on any atom is -0.348 e. The predicted molar refractivity (Wildman–Crippen MR) is 83.4 cm³/mol.